The topological polar surface area (TPSA) is 64.9 Å². The van der Waals surface area contributed by atoms with Crippen LogP contribution in [-0.4, -0.2) is 32.9 Å². The van der Waals surface area contributed by atoms with E-state index in [4.69, 9.17) is 4.74 Å². The summed E-state index contributed by atoms with van der Waals surface area (Å²) in [7, 11) is 1.66. The van der Waals surface area contributed by atoms with E-state index >= 15 is 0 Å². The molecule has 1 aromatic carbocycles. The second kappa shape index (κ2) is 6.47. The molecule has 1 aliphatic rings. The van der Waals surface area contributed by atoms with Crippen LogP contribution in [0.5, 0.6) is 5.75 Å². The molecule has 0 amide bonds. The third-order valence-corrected chi connectivity index (χ3v) is 4.63. The van der Waals surface area contributed by atoms with Crippen LogP contribution in [0.25, 0.3) is 16.7 Å². The number of benzene rings is 1. The first-order valence-corrected chi connectivity index (χ1v) is 8.45. The Labute approximate surface area is 140 Å². The van der Waals surface area contributed by atoms with Crippen LogP contribution in [0.1, 0.15) is 32.1 Å². The van der Waals surface area contributed by atoms with Gasteiger partial charge in [-0.05, 0) is 37.1 Å². The van der Waals surface area contributed by atoms with Gasteiger partial charge in [0.05, 0.1) is 24.4 Å². The lowest BCUT2D eigenvalue weighted by atomic mass is 9.95. The first kappa shape index (κ1) is 14.9. The fourth-order valence-corrected chi connectivity index (χ4v) is 3.31. The highest BCUT2D eigenvalue weighted by Gasteiger charge is 2.17. The van der Waals surface area contributed by atoms with Gasteiger partial charge in [-0.25, -0.2) is 14.6 Å². The van der Waals surface area contributed by atoms with Crippen LogP contribution in [0, 0.1) is 0 Å². The van der Waals surface area contributed by atoms with Crippen molar-refractivity contribution in [2.24, 2.45) is 0 Å². The van der Waals surface area contributed by atoms with Crippen molar-refractivity contribution in [3.8, 4) is 11.4 Å². The first-order chi connectivity index (χ1) is 11.8. The molecule has 2 heterocycles. The molecule has 1 aliphatic carbocycles. The van der Waals surface area contributed by atoms with Gasteiger partial charge in [-0.2, -0.15) is 5.10 Å². The van der Waals surface area contributed by atoms with E-state index in [2.05, 4.69) is 20.4 Å². The van der Waals surface area contributed by atoms with Crippen LogP contribution >= 0.6 is 0 Å². The van der Waals surface area contributed by atoms with Crippen molar-refractivity contribution in [2.45, 2.75) is 38.1 Å². The highest BCUT2D eigenvalue weighted by atomic mass is 16.5. The van der Waals surface area contributed by atoms with Crippen molar-refractivity contribution in [2.75, 3.05) is 12.4 Å². The molecular weight excluding hydrogens is 302 g/mol. The van der Waals surface area contributed by atoms with Crippen LogP contribution in [0.3, 0.4) is 0 Å². The highest BCUT2D eigenvalue weighted by Crippen LogP contribution is 2.26. The quantitative estimate of drug-likeness (QED) is 0.795. The Kier molecular flexibility index (Phi) is 4.02. The summed E-state index contributed by atoms with van der Waals surface area (Å²) in [5, 5.41) is 9.05. The van der Waals surface area contributed by atoms with Gasteiger partial charge >= 0.3 is 0 Å². The number of hydrogen-bond donors (Lipinski definition) is 1. The molecule has 24 heavy (non-hydrogen) atoms. The average Bonchev–Trinajstić information content (AvgIpc) is 3.08. The molecule has 1 saturated carbocycles. The molecule has 4 rings (SSSR count). The normalized spacial score (nSPS) is 15.5. The lowest BCUT2D eigenvalue weighted by Crippen LogP contribution is -2.22. The Balaban J connectivity index is 1.67. The summed E-state index contributed by atoms with van der Waals surface area (Å²) >= 11 is 0. The Hall–Kier alpha value is -2.63. The van der Waals surface area contributed by atoms with Crippen LogP contribution in [0.2, 0.25) is 0 Å². The van der Waals surface area contributed by atoms with Gasteiger partial charge in [-0.3, -0.25) is 0 Å². The molecule has 0 saturated heterocycles. The lowest BCUT2D eigenvalue weighted by Gasteiger charge is -2.23. The Bertz CT molecular complexity index is 821. The molecule has 0 aliphatic heterocycles. The summed E-state index contributed by atoms with van der Waals surface area (Å²) < 4.78 is 7.05. The molecule has 0 unspecified atom stereocenters. The second-order valence-corrected chi connectivity index (χ2v) is 6.19. The highest BCUT2D eigenvalue weighted by molar-refractivity contribution is 5.87. The maximum absolute atomic E-state index is 5.21. The summed E-state index contributed by atoms with van der Waals surface area (Å²) in [6, 6.07) is 8.29. The zero-order valence-corrected chi connectivity index (χ0v) is 13.8. The molecule has 2 aromatic heterocycles. The summed E-state index contributed by atoms with van der Waals surface area (Å²) in [6.07, 6.45) is 9.77. The van der Waals surface area contributed by atoms with Gasteiger partial charge in [0.25, 0.3) is 0 Å². The average molecular weight is 323 g/mol. The second-order valence-electron chi connectivity index (χ2n) is 6.19. The Morgan fingerprint density at radius 1 is 1.08 bits per heavy atom. The number of aromatic nitrogens is 4. The van der Waals surface area contributed by atoms with E-state index < -0.39 is 0 Å². The fourth-order valence-electron chi connectivity index (χ4n) is 3.31. The van der Waals surface area contributed by atoms with Crippen LogP contribution in [0.15, 0.2) is 36.8 Å². The Morgan fingerprint density at radius 2 is 1.88 bits per heavy atom. The van der Waals surface area contributed by atoms with Crippen molar-refractivity contribution in [1.29, 1.82) is 0 Å². The van der Waals surface area contributed by atoms with E-state index in [9.17, 15) is 0 Å². The molecule has 3 aromatic rings. The van der Waals surface area contributed by atoms with Crippen LogP contribution in [-0.2, 0) is 0 Å². The smallest absolute Gasteiger partial charge is 0.168 e. The monoisotopic (exact) mass is 323 g/mol. The number of anilines is 1. The minimum Gasteiger partial charge on any atom is -0.497 e. The van der Waals surface area contributed by atoms with Crippen molar-refractivity contribution in [3.05, 3.63) is 36.8 Å². The molecule has 0 radical (unpaired) electrons. The fraction of sp³-hybridized carbons (Fsp3) is 0.389. The van der Waals surface area contributed by atoms with Crippen LogP contribution < -0.4 is 10.1 Å². The van der Waals surface area contributed by atoms with Gasteiger partial charge in [-0.1, -0.05) is 19.3 Å². The SMILES string of the molecule is COc1ccc(-n2ncc3c(NC4CCCCC4)ncnc32)cc1. The summed E-state index contributed by atoms with van der Waals surface area (Å²) in [4.78, 5) is 8.87. The number of rotatable bonds is 4. The largest absolute Gasteiger partial charge is 0.497 e. The standard InChI is InChI=1S/C18H21N5O/c1-24-15-9-7-14(8-10-15)23-18-16(11-21-23)17(19-12-20-18)22-13-5-3-2-4-6-13/h7-13H,2-6H2,1H3,(H,19,20,22). The van der Waals surface area contributed by atoms with Gasteiger partial charge in [0.2, 0.25) is 0 Å². The van der Waals surface area contributed by atoms with Gasteiger partial charge in [0, 0.05) is 6.04 Å². The van der Waals surface area contributed by atoms with Crippen molar-refractivity contribution >= 4 is 16.9 Å². The lowest BCUT2D eigenvalue weighted by molar-refractivity contribution is 0.414. The summed E-state index contributed by atoms with van der Waals surface area (Å²) in [5.74, 6) is 1.70. The Morgan fingerprint density at radius 3 is 2.62 bits per heavy atom. The molecule has 6 nitrogen and oxygen atoms in total. The number of methoxy groups -OCH3 is 1. The number of nitrogens with one attached hydrogen (secondary N) is 1. The van der Waals surface area contributed by atoms with Crippen molar-refractivity contribution in [1.82, 2.24) is 19.7 Å². The number of fused-ring (bicyclic) bond motifs is 1. The van der Waals surface area contributed by atoms with Crippen molar-refractivity contribution < 1.29 is 4.74 Å². The van der Waals surface area contributed by atoms with E-state index in [0.29, 0.717) is 6.04 Å². The van der Waals surface area contributed by atoms with Gasteiger partial charge in [0.1, 0.15) is 17.9 Å². The van der Waals surface area contributed by atoms with E-state index in [1.54, 1.807) is 13.4 Å². The molecule has 0 spiro atoms. The van der Waals surface area contributed by atoms with E-state index in [1.807, 2.05) is 35.1 Å². The number of hydrogen-bond acceptors (Lipinski definition) is 5. The van der Waals surface area contributed by atoms with Gasteiger partial charge in [0.15, 0.2) is 5.65 Å². The molecule has 124 valence electrons. The molecule has 0 bridgehead atoms. The molecule has 6 heteroatoms. The maximum Gasteiger partial charge on any atom is 0.168 e. The zero-order chi connectivity index (χ0) is 16.4. The minimum absolute atomic E-state index is 0.501. The molecule has 1 N–H and O–H groups in total. The summed E-state index contributed by atoms with van der Waals surface area (Å²) in [5.41, 5.74) is 1.77. The van der Waals surface area contributed by atoms with E-state index in [0.717, 1.165) is 28.3 Å². The number of nitrogens with zero attached hydrogens (tertiary/aromatic N) is 4. The molecular formula is C18H21N5O. The van der Waals surface area contributed by atoms with E-state index in [1.165, 1.54) is 32.1 Å². The predicted octanol–water partition coefficient (Wildman–Crippen LogP) is 3.57. The third kappa shape index (κ3) is 2.79. The van der Waals surface area contributed by atoms with Crippen molar-refractivity contribution in [3.63, 3.8) is 0 Å². The summed E-state index contributed by atoms with van der Waals surface area (Å²) in [6.45, 7) is 0. The van der Waals surface area contributed by atoms with Gasteiger partial charge < -0.3 is 10.1 Å². The molecule has 1 fully saturated rings. The van der Waals surface area contributed by atoms with Crippen LogP contribution in [0.4, 0.5) is 5.82 Å². The molecule has 0 atom stereocenters. The van der Waals surface area contributed by atoms with E-state index in [-0.39, 0.29) is 0 Å². The minimum atomic E-state index is 0.501. The number of ether oxygens (including phenoxy) is 1. The maximum atomic E-state index is 5.21. The van der Waals surface area contributed by atoms with Gasteiger partial charge in [-0.15, -0.1) is 0 Å². The predicted molar refractivity (Wildman–Crippen MR) is 93.7 cm³/mol. The third-order valence-electron chi connectivity index (χ3n) is 4.63. The zero-order valence-electron chi connectivity index (χ0n) is 13.8. The first-order valence-electron chi connectivity index (χ1n) is 8.45.